The lowest BCUT2D eigenvalue weighted by atomic mass is 10.0. The van der Waals surface area contributed by atoms with Crippen molar-refractivity contribution in [1.82, 2.24) is 15.2 Å². The zero-order valence-corrected chi connectivity index (χ0v) is 17.1. The third-order valence-corrected chi connectivity index (χ3v) is 5.52. The van der Waals surface area contributed by atoms with Crippen LogP contribution in [0.3, 0.4) is 0 Å². The van der Waals surface area contributed by atoms with Crippen LogP contribution in [0.25, 0.3) is 10.9 Å². The number of aromatic nitrogens is 1. The summed E-state index contributed by atoms with van der Waals surface area (Å²) in [7, 11) is 1.68. The maximum atomic E-state index is 13.0. The molecule has 1 aliphatic heterocycles. The summed E-state index contributed by atoms with van der Waals surface area (Å²) in [6.07, 6.45) is 6.30. The highest BCUT2D eigenvalue weighted by molar-refractivity contribution is 5.94. The summed E-state index contributed by atoms with van der Waals surface area (Å²) in [6, 6.07) is 11.7. The average Bonchev–Trinajstić information content (AvgIpc) is 3.16. The van der Waals surface area contributed by atoms with Crippen molar-refractivity contribution in [2.45, 2.75) is 12.8 Å². The Hall–Kier alpha value is -3.12. The van der Waals surface area contributed by atoms with E-state index in [1.807, 2.05) is 12.1 Å². The molecule has 1 aliphatic rings. The van der Waals surface area contributed by atoms with Crippen molar-refractivity contribution in [3.63, 3.8) is 0 Å². The lowest BCUT2D eigenvalue weighted by Gasteiger charge is -2.27. The van der Waals surface area contributed by atoms with E-state index < -0.39 is 0 Å². The number of aromatic amines is 1. The van der Waals surface area contributed by atoms with E-state index in [0.29, 0.717) is 12.1 Å². The number of carbonyl (C=O) groups excluding carboxylic acids is 1. The van der Waals surface area contributed by atoms with Crippen LogP contribution in [-0.2, 0) is 6.42 Å². The highest BCUT2D eigenvalue weighted by atomic mass is 19.1. The van der Waals surface area contributed by atoms with Crippen molar-refractivity contribution < 1.29 is 13.9 Å². The van der Waals surface area contributed by atoms with Crippen molar-refractivity contribution in [2.75, 3.05) is 33.3 Å². The molecule has 0 aliphatic carbocycles. The van der Waals surface area contributed by atoms with E-state index in [1.54, 1.807) is 7.11 Å². The number of carbonyl (C=O) groups is 1. The van der Waals surface area contributed by atoms with Crippen molar-refractivity contribution in [2.24, 2.45) is 0 Å². The maximum Gasteiger partial charge on any atom is 0.251 e. The second kappa shape index (κ2) is 9.13. The monoisotopic (exact) mass is 407 g/mol. The number of fused-ring (bicyclic) bond motifs is 1. The van der Waals surface area contributed by atoms with Gasteiger partial charge in [0.2, 0.25) is 0 Å². The number of H-pyrrole nitrogens is 1. The van der Waals surface area contributed by atoms with Crippen molar-refractivity contribution in [3.05, 3.63) is 77.3 Å². The van der Waals surface area contributed by atoms with Gasteiger partial charge >= 0.3 is 0 Å². The van der Waals surface area contributed by atoms with Crippen molar-refractivity contribution in [3.8, 4) is 5.75 Å². The van der Waals surface area contributed by atoms with Crippen LogP contribution in [0.5, 0.6) is 5.75 Å². The van der Waals surface area contributed by atoms with Gasteiger partial charge < -0.3 is 15.0 Å². The van der Waals surface area contributed by atoms with Gasteiger partial charge in [-0.25, -0.2) is 4.39 Å². The first kappa shape index (κ1) is 20.2. The van der Waals surface area contributed by atoms with Gasteiger partial charge in [-0.2, -0.15) is 0 Å². The first-order chi connectivity index (χ1) is 14.6. The number of halogens is 1. The molecule has 0 saturated carbocycles. The zero-order valence-electron chi connectivity index (χ0n) is 17.1. The van der Waals surface area contributed by atoms with Crippen molar-refractivity contribution in [1.29, 1.82) is 0 Å². The van der Waals surface area contributed by atoms with Crippen LogP contribution in [0.1, 0.15) is 22.3 Å². The van der Waals surface area contributed by atoms with Gasteiger partial charge in [0.25, 0.3) is 5.91 Å². The summed E-state index contributed by atoms with van der Waals surface area (Å²) in [5.74, 6) is 0.350. The van der Waals surface area contributed by atoms with Gasteiger partial charge in [-0.05, 0) is 60.9 Å². The van der Waals surface area contributed by atoms with E-state index in [9.17, 15) is 9.18 Å². The molecule has 2 N–H and O–H groups in total. The van der Waals surface area contributed by atoms with Crippen LogP contribution < -0.4 is 10.1 Å². The third-order valence-electron chi connectivity index (χ3n) is 5.52. The first-order valence-electron chi connectivity index (χ1n) is 10.2. The molecule has 2 heterocycles. The fourth-order valence-corrected chi connectivity index (χ4v) is 3.91. The summed E-state index contributed by atoms with van der Waals surface area (Å²) < 4.78 is 18.4. The van der Waals surface area contributed by atoms with E-state index in [0.717, 1.165) is 43.7 Å². The Kier molecular flexibility index (Phi) is 6.14. The molecule has 3 aromatic rings. The molecule has 1 aromatic heterocycles. The Bertz CT molecular complexity index is 1060. The second-order valence-corrected chi connectivity index (χ2v) is 7.59. The number of nitrogens with one attached hydrogen (secondary N) is 2. The average molecular weight is 407 g/mol. The van der Waals surface area contributed by atoms with Crippen LogP contribution in [-0.4, -0.2) is 49.1 Å². The van der Waals surface area contributed by atoms with E-state index in [4.69, 9.17) is 4.74 Å². The molecule has 0 saturated heterocycles. The fourth-order valence-electron chi connectivity index (χ4n) is 3.91. The lowest BCUT2D eigenvalue weighted by molar-refractivity contribution is 0.0948. The topological polar surface area (TPSA) is 57.4 Å². The molecule has 156 valence electrons. The summed E-state index contributed by atoms with van der Waals surface area (Å²) in [5, 5.41) is 4.12. The Morgan fingerprint density at radius 2 is 2.07 bits per heavy atom. The Balaban J connectivity index is 1.31. The molecule has 0 atom stereocenters. The molecule has 2 aromatic carbocycles. The highest BCUT2D eigenvalue weighted by Gasteiger charge is 2.15. The molecule has 0 spiro atoms. The van der Waals surface area contributed by atoms with E-state index in [1.165, 1.54) is 40.8 Å². The minimum atomic E-state index is -0.340. The number of rotatable bonds is 7. The fraction of sp³-hybridized carbons (Fsp3) is 0.292. The number of hydrogen-bond donors (Lipinski definition) is 2. The molecule has 30 heavy (non-hydrogen) atoms. The highest BCUT2D eigenvalue weighted by Crippen LogP contribution is 2.26. The van der Waals surface area contributed by atoms with E-state index in [2.05, 4.69) is 33.5 Å². The summed E-state index contributed by atoms with van der Waals surface area (Å²) in [4.78, 5) is 17.9. The van der Waals surface area contributed by atoms with Crippen LogP contribution in [0, 0.1) is 5.82 Å². The van der Waals surface area contributed by atoms with Crippen molar-refractivity contribution >= 4 is 16.8 Å². The predicted molar refractivity (Wildman–Crippen MR) is 116 cm³/mol. The summed E-state index contributed by atoms with van der Waals surface area (Å²) >= 11 is 0. The molecule has 6 heteroatoms. The number of amides is 1. The molecule has 0 fully saturated rings. The Labute approximate surface area is 175 Å². The van der Waals surface area contributed by atoms with E-state index in [-0.39, 0.29) is 11.7 Å². The molecular formula is C24H26FN3O2. The lowest BCUT2D eigenvalue weighted by Crippen LogP contribution is -2.38. The SMILES string of the molecule is COc1ccc2[nH]cc(CC3=CCCN(CCNC(=O)c4ccc(F)cc4)C3)c2c1. The molecule has 5 nitrogen and oxygen atoms in total. The summed E-state index contributed by atoms with van der Waals surface area (Å²) in [6.45, 7) is 3.22. The Morgan fingerprint density at radius 1 is 1.23 bits per heavy atom. The molecule has 0 unspecified atom stereocenters. The van der Waals surface area contributed by atoms with Gasteiger partial charge in [0, 0.05) is 48.8 Å². The van der Waals surface area contributed by atoms with Gasteiger partial charge in [-0.1, -0.05) is 11.6 Å². The number of benzene rings is 2. The minimum absolute atomic E-state index is 0.171. The molecule has 0 bridgehead atoms. The van der Waals surface area contributed by atoms with Crippen LogP contribution in [0.4, 0.5) is 4.39 Å². The molecule has 0 radical (unpaired) electrons. The Morgan fingerprint density at radius 3 is 2.87 bits per heavy atom. The smallest absolute Gasteiger partial charge is 0.251 e. The van der Waals surface area contributed by atoms with E-state index >= 15 is 0 Å². The number of ether oxygens (including phenoxy) is 1. The maximum absolute atomic E-state index is 13.0. The zero-order chi connectivity index (χ0) is 20.9. The van der Waals surface area contributed by atoms with Gasteiger partial charge in [0.05, 0.1) is 7.11 Å². The standard InChI is InChI=1S/C24H26FN3O2/c1-30-21-8-9-23-22(14-21)19(15-27-23)13-17-3-2-11-28(16-17)12-10-26-24(29)18-4-6-20(25)7-5-18/h3-9,14-15,27H,2,10-13,16H2,1H3,(H,26,29). The second-order valence-electron chi connectivity index (χ2n) is 7.59. The van der Waals surface area contributed by atoms with Gasteiger partial charge in [-0.15, -0.1) is 0 Å². The molecule has 1 amide bonds. The predicted octanol–water partition coefficient (Wildman–Crippen LogP) is 3.92. The molecular weight excluding hydrogens is 381 g/mol. The third kappa shape index (κ3) is 4.71. The number of nitrogens with zero attached hydrogens (tertiary/aromatic N) is 1. The number of hydrogen-bond acceptors (Lipinski definition) is 3. The minimum Gasteiger partial charge on any atom is -0.497 e. The number of methoxy groups -OCH3 is 1. The van der Waals surface area contributed by atoms with Crippen LogP contribution in [0.15, 0.2) is 60.3 Å². The van der Waals surface area contributed by atoms with Gasteiger partial charge in [0.15, 0.2) is 0 Å². The first-order valence-corrected chi connectivity index (χ1v) is 10.2. The van der Waals surface area contributed by atoms with Crippen LogP contribution in [0.2, 0.25) is 0 Å². The normalized spacial score (nSPS) is 14.5. The quantitative estimate of drug-likeness (QED) is 0.584. The van der Waals surface area contributed by atoms with Crippen LogP contribution >= 0.6 is 0 Å². The molecule has 4 rings (SSSR count). The summed E-state index contributed by atoms with van der Waals surface area (Å²) in [5.41, 5.74) is 4.24. The van der Waals surface area contributed by atoms with Gasteiger partial charge in [0.1, 0.15) is 11.6 Å². The largest absolute Gasteiger partial charge is 0.497 e. The van der Waals surface area contributed by atoms with Gasteiger partial charge in [-0.3, -0.25) is 9.69 Å².